The molecule has 2 aromatic carbocycles. The van der Waals surface area contributed by atoms with Gasteiger partial charge in [-0.15, -0.1) is 0 Å². The lowest BCUT2D eigenvalue weighted by atomic mass is 10.1. The van der Waals surface area contributed by atoms with Gasteiger partial charge in [0.1, 0.15) is 5.75 Å². The predicted molar refractivity (Wildman–Crippen MR) is 85.5 cm³/mol. The SMILES string of the molecule is COc1ccc(/C=N\NC(=O)Cc2ccc([N+](=O)[O-])cc2)cc1. The number of nitro groups is 1. The van der Waals surface area contributed by atoms with Crippen LogP contribution in [0.1, 0.15) is 11.1 Å². The van der Waals surface area contributed by atoms with Crippen molar-refractivity contribution in [2.24, 2.45) is 5.10 Å². The van der Waals surface area contributed by atoms with E-state index in [-0.39, 0.29) is 18.0 Å². The lowest BCUT2D eigenvalue weighted by molar-refractivity contribution is -0.384. The molecule has 0 atom stereocenters. The van der Waals surface area contributed by atoms with Crippen LogP contribution in [0.5, 0.6) is 5.75 Å². The molecule has 0 aliphatic rings. The minimum absolute atomic E-state index is 0.00770. The minimum atomic E-state index is -0.483. The van der Waals surface area contributed by atoms with Crippen LogP contribution in [-0.4, -0.2) is 24.2 Å². The molecule has 7 heteroatoms. The van der Waals surface area contributed by atoms with Gasteiger partial charge in [0.2, 0.25) is 5.91 Å². The molecule has 0 unspecified atom stereocenters. The topological polar surface area (TPSA) is 93.8 Å². The summed E-state index contributed by atoms with van der Waals surface area (Å²) in [6.07, 6.45) is 1.62. The maximum Gasteiger partial charge on any atom is 0.269 e. The third-order valence-corrected chi connectivity index (χ3v) is 3.03. The van der Waals surface area contributed by atoms with Gasteiger partial charge < -0.3 is 4.74 Å². The Hall–Kier alpha value is -3.22. The van der Waals surface area contributed by atoms with Gasteiger partial charge in [-0.05, 0) is 35.4 Å². The molecule has 0 radical (unpaired) electrons. The van der Waals surface area contributed by atoms with E-state index in [1.807, 2.05) is 12.1 Å². The molecule has 1 amide bonds. The molecule has 0 saturated carbocycles. The van der Waals surface area contributed by atoms with Crippen LogP contribution >= 0.6 is 0 Å². The zero-order valence-corrected chi connectivity index (χ0v) is 12.4. The lowest BCUT2D eigenvalue weighted by Gasteiger charge is -2.01. The first kappa shape index (κ1) is 16.2. The van der Waals surface area contributed by atoms with E-state index in [1.165, 1.54) is 18.3 Å². The normalized spacial score (nSPS) is 10.5. The Morgan fingerprint density at radius 2 is 1.87 bits per heavy atom. The van der Waals surface area contributed by atoms with Gasteiger partial charge in [0.25, 0.3) is 5.69 Å². The van der Waals surface area contributed by atoms with E-state index < -0.39 is 4.92 Å². The van der Waals surface area contributed by atoms with Crippen LogP contribution in [0.4, 0.5) is 5.69 Å². The van der Waals surface area contributed by atoms with Crippen molar-refractivity contribution in [1.29, 1.82) is 0 Å². The van der Waals surface area contributed by atoms with Crippen molar-refractivity contribution in [1.82, 2.24) is 5.43 Å². The number of hydrogen-bond acceptors (Lipinski definition) is 5. The maximum absolute atomic E-state index is 11.7. The first-order chi connectivity index (χ1) is 11.1. The number of ether oxygens (including phenoxy) is 1. The van der Waals surface area contributed by atoms with Crippen LogP contribution in [-0.2, 0) is 11.2 Å². The van der Waals surface area contributed by atoms with Crippen LogP contribution in [0.15, 0.2) is 53.6 Å². The molecule has 0 heterocycles. The Morgan fingerprint density at radius 3 is 2.43 bits per heavy atom. The summed E-state index contributed by atoms with van der Waals surface area (Å²) in [4.78, 5) is 21.8. The highest BCUT2D eigenvalue weighted by Crippen LogP contribution is 2.12. The van der Waals surface area contributed by atoms with Crippen LogP contribution in [0.3, 0.4) is 0 Å². The average Bonchev–Trinajstić information content (AvgIpc) is 2.56. The number of hydrazone groups is 1. The number of hydrogen-bond donors (Lipinski definition) is 1. The zero-order chi connectivity index (χ0) is 16.7. The first-order valence-corrected chi connectivity index (χ1v) is 6.78. The molecule has 0 aliphatic carbocycles. The van der Waals surface area contributed by atoms with Crippen molar-refractivity contribution in [3.05, 3.63) is 69.8 Å². The van der Waals surface area contributed by atoms with E-state index in [2.05, 4.69) is 10.5 Å². The standard InChI is InChI=1S/C16H15N3O4/c1-23-15-8-4-13(5-9-15)11-17-18-16(20)10-12-2-6-14(7-3-12)19(21)22/h2-9,11H,10H2,1H3,(H,18,20)/b17-11-. The van der Waals surface area contributed by atoms with Gasteiger partial charge in [-0.2, -0.15) is 5.10 Å². The molecule has 0 fully saturated rings. The Balaban J connectivity index is 1.86. The fourth-order valence-corrected chi connectivity index (χ4v) is 1.83. The predicted octanol–water partition coefficient (Wildman–Crippen LogP) is 2.30. The molecule has 1 N–H and O–H groups in total. The largest absolute Gasteiger partial charge is 0.497 e. The van der Waals surface area contributed by atoms with Crippen molar-refractivity contribution < 1.29 is 14.5 Å². The van der Waals surface area contributed by atoms with E-state index in [4.69, 9.17) is 4.74 Å². The second-order valence-corrected chi connectivity index (χ2v) is 4.67. The van der Waals surface area contributed by atoms with Crippen LogP contribution in [0, 0.1) is 10.1 Å². The maximum atomic E-state index is 11.7. The molecule has 7 nitrogen and oxygen atoms in total. The second kappa shape index (κ2) is 7.69. The molecular weight excluding hydrogens is 298 g/mol. The average molecular weight is 313 g/mol. The van der Waals surface area contributed by atoms with Gasteiger partial charge in [-0.1, -0.05) is 12.1 Å². The molecule has 0 spiro atoms. The number of rotatable bonds is 6. The van der Waals surface area contributed by atoms with E-state index in [9.17, 15) is 14.9 Å². The van der Waals surface area contributed by atoms with Crippen molar-refractivity contribution in [3.8, 4) is 5.75 Å². The molecule has 0 saturated heterocycles. The Kier molecular flexibility index (Phi) is 5.40. The first-order valence-electron chi connectivity index (χ1n) is 6.78. The number of amides is 1. The summed E-state index contributed by atoms with van der Waals surface area (Å²) >= 11 is 0. The number of methoxy groups -OCH3 is 1. The van der Waals surface area contributed by atoms with Gasteiger partial charge in [0.05, 0.1) is 24.7 Å². The zero-order valence-electron chi connectivity index (χ0n) is 12.4. The number of nitrogens with zero attached hydrogens (tertiary/aromatic N) is 2. The summed E-state index contributed by atoms with van der Waals surface area (Å²) in [5.74, 6) is 0.438. The fourth-order valence-electron chi connectivity index (χ4n) is 1.83. The number of non-ortho nitro benzene ring substituents is 1. The van der Waals surface area contributed by atoms with Crippen LogP contribution < -0.4 is 10.2 Å². The van der Waals surface area contributed by atoms with Crippen molar-refractivity contribution in [3.63, 3.8) is 0 Å². The molecule has 0 bridgehead atoms. The monoisotopic (exact) mass is 313 g/mol. The van der Waals surface area contributed by atoms with Crippen molar-refractivity contribution >= 4 is 17.8 Å². The molecule has 0 aliphatic heterocycles. The summed E-state index contributed by atoms with van der Waals surface area (Å²) in [6.45, 7) is 0. The molecule has 23 heavy (non-hydrogen) atoms. The van der Waals surface area contributed by atoms with Gasteiger partial charge in [0.15, 0.2) is 0 Å². The summed E-state index contributed by atoms with van der Waals surface area (Å²) in [7, 11) is 1.58. The highest BCUT2D eigenvalue weighted by molar-refractivity contribution is 5.83. The molecule has 2 aromatic rings. The quantitative estimate of drug-likeness (QED) is 0.503. The smallest absolute Gasteiger partial charge is 0.269 e. The highest BCUT2D eigenvalue weighted by atomic mass is 16.6. The van der Waals surface area contributed by atoms with E-state index in [0.29, 0.717) is 5.56 Å². The second-order valence-electron chi connectivity index (χ2n) is 4.67. The summed E-state index contributed by atoms with van der Waals surface area (Å²) < 4.78 is 5.05. The number of nitro benzene ring substituents is 1. The molecule has 118 valence electrons. The number of benzene rings is 2. The fraction of sp³-hybridized carbons (Fsp3) is 0.125. The van der Waals surface area contributed by atoms with E-state index in [0.717, 1.165) is 11.3 Å². The van der Waals surface area contributed by atoms with Crippen LogP contribution in [0.25, 0.3) is 0 Å². The number of nitrogens with one attached hydrogen (secondary N) is 1. The summed E-state index contributed by atoms with van der Waals surface area (Å²) in [5.41, 5.74) is 3.90. The molecule has 2 rings (SSSR count). The number of carbonyl (C=O) groups excluding carboxylic acids is 1. The van der Waals surface area contributed by atoms with Gasteiger partial charge in [-0.3, -0.25) is 14.9 Å². The van der Waals surface area contributed by atoms with Crippen molar-refractivity contribution in [2.45, 2.75) is 6.42 Å². The van der Waals surface area contributed by atoms with Crippen LogP contribution in [0.2, 0.25) is 0 Å². The summed E-state index contributed by atoms with van der Waals surface area (Å²) in [6, 6.07) is 13.0. The third kappa shape index (κ3) is 4.92. The molecular formula is C16H15N3O4. The summed E-state index contributed by atoms with van der Waals surface area (Å²) in [5, 5.41) is 14.4. The van der Waals surface area contributed by atoms with Gasteiger partial charge in [-0.25, -0.2) is 5.43 Å². The number of carbonyl (C=O) groups is 1. The molecule has 0 aromatic heterocycles. The van der Waals surface area contributed by atoms with E-state index in [1.54, 1.807) is 31.4 Å². The van der Waals surface area contributed by atoms with Gasteiger partial charge in [0, 0.05) is 12.1 Å². The Morgan fingerprint density at radius 1 is 1.22 bits per heavy atom. The van der Waals surface area contributed by atoms with Crippen molar-refractivity contribution in [2.75, 3.05) is 7.11 Å². The highest BCUT2D eigenvalue weighted by Gasteiger charge is 2.06. The lowest BCUT2D eigenvalue weighted by Crippen LogP contribution is -2.19. The van der Waals surface area contributed by atoms with E-state index >= 15 is 0 Å². The Bertz CT molecular complexity index is 709. The Labute approximate surface area is 132 Å². The minimum Gasteiger partial charge on any atom is -0.497 e. The third-order valence-electron chi connectivity index (χ3n) is 3.03. The van der Waals surface area contributed by atoms with Gasteiger partial charge >= 0.3 is 0 Å².